The molecule has 4 rings (SSSR count). The molecule has 0 amide bonds. The highest BCUT2D eigenvalue weighted by Crippen LogP contribution is 2.34. The number of aryl methyl sites for hydroxylation is 3. The fourth-order valence-corrected chi connectivity index (χ4v) is 5.82. The van der Waals surface area contributed by atoms with E-state index in [1.807, 2.05) is 38.1 Å². The lowest BCUT2D eigenvalue weighted by molar-refractivity contribution is 0.470. The van der Waals surface area contributed by atoms with E-state index in [1.165, 1.54) is 16.6 Å². The van der Waals surface area contributed by atoms with E-state index in [9.17, 15) is 8.42 Å². The summed E-state index contributed by atoms with van der Waals surface area (Å²) < 4.78 is 30.2. The quantitative estimate of drug-likeness (QED) is 0.702. The average molecular weight is 369 g/mol. The van der Waals surface area contributed by atoms with Gasteiger partial charge in [-0.05, 0) is 55.0 Å². The van der Waals surface area contributed by atoms with Crippen molar-refractivity contribution in [1.29, 1.82) is 0 Å². The standard InChI is InChI=1S/C21H24N2O2S/c1-15-8-9-16(2)21(12-15)26(24,25)23-11-10-18(14-23)20-13-17-6-4-5-7-19(17)22(20)3/h4-9,12-13,18H,10-11,14H2,1-3H3. The zero-order valence-electron chi connectivity index (χ0n) is 15.4. The summed E-state index contributed by atoms with van der Waals surface area (Å²) in [5.74, 6) is 0.229. The van der Waals surface area contributed by atoms with Gasteiger partial charge in [-0.1, -0.05) is 30.3 Å². The molecule has 1 unspecified atom stereocenters. The topological polar surface area (TPSA) is 42.3 Å². The molecule has 26 heavy (non-hydrogen) atoms. The van der Waals surface area contributed by atoms with Crippen LogP contribution in [0.25, 0.3) is 10.9 Å². The van der Waals surface area contributed by atoms with Gasteiger partial charge in [-0.3, -0.25) is 0 Å². The molecule has 3 aromatic rings. The lowest BCUT2D eigenvalue weighted by Crippen LogP contribution is -2.29. The van der Waals surface area contributed by atoms with Gasteiger partial charge in [0.25, 0.3) is 0 Å². The average Bonchev–Trinajstić information content (AvgIpc) is 3.23. The maximum atomic E-state index is 13.2. The highest BCUT2D eigenvalue weighted by molar-refractivity contribution is 7.89. The second-order valence-corrected chi connectivity index (χ2v) is 9.21. The first kappa shape index (κ1) is 17.3. The fraction of sp³-hybridized carbons (Fsp3) is 0.333. The molecule has 4 nitrogen and oxygen atoms in total. The van der Waals surface area contributed by atoms with Crippen LogP contribution in [-0.4, -0.2) is 30.4 Å². The van der Waals surface area contributed by atoms with E-state index in [0.717, 1.165) is 17.5 Å². The van der Waals surface area contributed by atoms with Gasteiger partial charge >= 0.3 is 0 Å². The molecule has 1 aromatic heterocycles. The predicted molar refractivity (Wildman–Crippen MR) is 105 cm³/mol. The summed E-state index contributed by atoms with van der Waals surface area (Å²) in [4.78, 5) is 0.440. The van der Waals surface area contributed by atoms with Gasteiger partial charge in [-0.25, -0.2) is 8.42 Å². The molecule has 0 spiro atoms. The number of aromatic nitrogens is 1. The van der Waals surface area contributed by atoms with Gasteiger partial charge in [0.2, 0.25) is 10.0 Å². The van der Waals surface area contributed by atoms with Gasteiger partial charge in [0.05, 0.1) is 4.90 Å². The van der Waals surface area contributed by atoms with E-state index in [4.69, 9.17) is 0 Å². The zero-order chi connectivity index (χ0) is 18.5. The van der Waals surface area contributed by atoms with Crippen molar-refractivity contribution in [3.05, 3.63) is 65.4 Å². The van der Waals surface area contributed by atoms with E-state index in [2.05, 4.69) is 29.8 Å². The Balaban J connectivity index is 1.65. The molecule has 5 heteroatoms. The van der Waals surface area contributed by atoms with Crippen LogP contribution >= 0.6 is 0 Å². The minimum Gasteiger partial charge on any atom is -0.347 e. The van der Waals surface area contributed by atoms with E-state index >= 15 is 0 Å². The Morgan fingerprint density at radius 1 is 1.04 bits per heavy atom. The Bertz CT molecular complexity index is 1080. The molecule has 1 aliphatic rings. The summed E-state index contributed by atoms with van der Waals surface area (Å²) in [7, 11) is -1.38. The molecule has 0 bridgehead atoms. The third-order valence-electron chi connectivity index (χ3n) is 5.52. The maximum Gasteiger partial charge on any atom is 0.243 e. The number of hydrogen-bond acceptors (Lipinski definition) is 2. The Labute approximate surface area is 155 Å². The second kappa shape index (κ2) is 6.25. The molecule has 2 heterocycles. The Hall–Kier alpha value is -2.11. The summed E-state index contributed by atoms with van der Waals surface area (Å²) in [6.07, 6.45) is 0.855. The summed E-state index contributed by atoms with van der Waals surface area (Å²) in [5, 5.41) is 1.21. The van der Waals surface area contributed by atoms with Crippen LogP contribution in [0.2, 0.25) is 0 Å². The highest BCUT2D eigenvalue weighted by Gasteiger charge is 2.35. The minimum absolute atomic E-state index is 0.229. The van der Waals surface area contributed by atoms with Crippen molar-refractivity contribution in [3.63, 3.8) is 0 Å². The number of rotatable bonds is 3. The Kier molecular flexibility index (Phi) is 4.16. The van der Waals surface area contributed by atoms with Crippen LogP contribution in [0.1, 0.15) is 29.2 Å². The molecular weight excluding hydrogens is 344 g/mol. The van der Waals surface area contributed by atoms with Crippen molar-refractivity contribution >= 4 is 20.9 Å². The molecule has 1 aliphatic heterocycles. The highest BCUT2D eigenvalue weighted by atomic mass is 32.2. The molecule has 0 saturated carbocycles. The molecule has 1 saturated heterocycles. The van der Waals surface area contributed by atoms with Crippen LogP contribution in [-0.2, 0) is 17.1 Å². The summed E-state index contributed by atoms with van der Waals surface area (Å²) in [5.41, 5.74) is 4.19. The normalized spacial score (nSPS) is 18.7. The van der Waals surface area contributed by atoms with Gasteiger partial charge in [0, 0.05) is 37.3 Å². The Morgan fingerprint density at radius 3 is 2.58 bits per heavy atom. The van der Waals surface area contributed by atoms with Gasteiger partial charge in [-0.15, -0.1) is 0 Å². The van der Waals surface area contributed by atoms with E-state index in [-0.39, 0.29) is 5.92 Å². The first-order valence-electron chi connectivity index (χ1n) is 8.99. The first-order chi connectivity index (χ1) is 12.4. The number of nitrogens with zero attached hydrogens (tertiary/aromatic N) is 2. The Morgan fingerprint density at radius 2 is 1.81 bits per heavy atom. The van der Waals surface area contributed by atoms with Gasteiger partial charge in [0.1, 0.15) is 0 Å². The monoisotopic (exact) mass is 368 g/mol. The van der Waals surface area contributed by atoms with Crippen molar-refractivity contribution in [1.82, 2.24) is 8.87 Å². The number of sulfonamides is 1. The number of para-hydroxylation sites is 1. The van der Waals surface area contributed by atoms with Gasteiger partial charge in [0.15, 0.2) is 0 Å². The smallest absolute Gasteiger partial charge is 0.243 e. The van der Waals surface area contributed by atoms with Crippen molar-refractivity contribution in [3.8, 4) is 0 Å². The molecule has 0 aliphatic carbocycles. The fourth-order valence-electron chi connectivity index (χ4n) is 4.01. The molecular formula is C21H24N2O2S. The number of benzene rings is 2. The van der Waals surface area contributed by atoms with Crippen molar-refractivity contribution in [2.24, 2.45) is 7.05 Å². The number of hydrogen-bond donors (Lipinski definition) is 0. The maximum absolute atomic E-state index is 13.2. The molecule has 2 aromatic carbocycles. The van der Waals surface area contributed by atoms with Crippen molar-refractivity contribution in [2.75, 3.05) is 13.1 Å². The van der Waals surface area contributed by atoms with E-state index in [1.54, 1.807) is 10.4 Å². The zero-order valence-corrected chi connectivity index (χ0v) is 16.3. The van der Waals surface area contributed by atoms with Crippen LogP contribution < -0.4 is 0 Å². The van der Waals surface area contributed by atoms with Gasteiger partial charge in [-0.2, -0.15) is 4.31 Å². The van der Waals surface area contributed by atoms with Crippen molar-refractivity contribution < 1.29 is 8.42 Å². The minimum atomic E-state index is -3.45. The van der Waals surface area contributed by atoms with Crippen LogP contribution in [0.3, 0.4) is 0 Å². The summed E-state index contributed by atoms with van der Waals surface area (Å²) in [6, 6.07) is 16.1. The van der Waals surface area contributed by atoms with Crippen LogP contribution in [0, 0.1) is 13.8 Å². The van der Waals surface area contributed by atoms with Crippen LogP contribution in [0.15, 0.2) is 53.4 Å². The summed E-state index contributed by atoms with van der Waals surface area (Å²) in [6.45, 7) is 4.91. The van der Waals surface area contributed by atoms with Gasteiger partial charge < -0.3 is 4.57 Å². The second-order valence-electron chi connectivity index (χ2n) is 7.30. The SMILES string of the molecule is Cc1ccc(C)c(S(=O)(=O)N2CCC(c3cc4ccccc4n3C)C2)c1. The van der Waals surface area contributed by atoms with Crippen LogP contribution in [0.5, 0.6) is 0 Å². The predicted octanol–water partition coefficient (Wildman–Crippen LogP) is 3.97. The molecule has 1 fully saturated rings. The molecule has 0 radical (unpaired) electrons. The summed E-state index contributed by atoms with van der Waals surface area (Å²) >= 11 is 0. The van der Waals surface area contributed by atoms with E-state index < -0.39 is 10.0 Å². The van der Waals surface area contributed by atoms with Crippen LogP contribution in [0.4, 0.5) is 0 Å². The molecule has 136 valence electrons. The largest absolute Gasteiger partial charge is 0.347 e. The van der Waals surface area contributed by atoms with E-state index in [0.29, 0.717) is 18.0 Å². The lowest BCUT2D eigenvalue weighted by Gasteiger charge is -2.19. The third-order valence-corrected chi connectivity index (χ3v) is 7.53. The third kappa shape index (κ3) is 2.75. The molecule has 1 atom stereocenters. The first-order valence-corrected chi connectivity index (χ1v) is 10.4. The lowest BCUT2D eigenvalue weighted by atomic mass is 10.1. The number of fused-ring (bicyclic) bond motifs is 1. The van der Waals surface area contributed by atoms with Crippen molar-refractivity contribution in [2.45, 2.75) is 31.1 Å². The molecule has 0 N–H and O–H groups in total.